The van der Waals surface area contributed by atoms with Crippen molar-refractivity contribution >= 4 is 0 Å². The first kappa shape index (κ1) is 11.2. The summed E-state index contributed by atoms with van der Waals surface area (Å²) in [4.78, 5) is 0. The lowest BCUT2D eigenvalue weighted by molar-refractivity contribution is 0.675. The first-order chi connectivity index (χ1) is 5.43. The Morgan fingerprint density at radius 3 is 2.42 bits per heavy atom. The molecule has 0 unspecified atom stereocenters. The van der Waals surface area contributed by atoms with Gasteiger partial charge in [-0.15, -0.1) is 0 Å². The summed E-state index contributed by atoms with van der Waals surface area (Å²) in [6.07, 6.45) is 1.20. The Balaban J connectivity index is 0.00000121. The molecule has 0 aliphatic carbocycles. The molecule has 0 spiro atoms. The van der Waals surface area contributed by atoms with Crippen LogP contribution in [0, 0.1) is 0 Å². The fraction of sp³-hybridized carbons (Fsp3) is 0.455. The van der Waals surface area contributed by atoms with Gasteiger partial charge in [-0.05, 0) is 18.5 Å². The van der Waals surface area contributed by atoms with Gasteiger partial charge in [0.2, 0.25) is 0 Å². The second-order valence-corrected chi connectivity index (χ2v) is 2.66. The van der Waals surface area contributed by atoms with Crippen molar-refractivity contribution in [2.75, 3.05) is 6.54 Å². The Hall–Kier alpha value is -0.820. The first-order valence-electron chi connectivity index (χ1n) is 4.18. The monoisotopic (exact) mass is 165 g/mol. The summed E-state index contributed by atoms with van der Waals surface area (Å²) in [6.45, 7) is 4.28. The van der Waals surface area contributed by atoms with Crippen molar-refractivity contribution in [3.63, 3.8) is 0 Å². The van der Waals surface area contributed by atoms with Crippen molar-refractivity contribution in [1.82, 2.24) is 5.32 Å². The molecule has 68 valence electrons. The molecule has 1 rings (SSSR count). The van der Waals surface area contributed by atoms with E-state index in [4.69, 9.17) is 0 Å². The summed E-state index contributed by atoms with van der Waals surface area (Å²) in [5.74, 6) is 0. The molecule has 0 radical (unpaired) electrons. The fourth-order valence-corrected chi connectivity index (χ4v) is 1.01. The Bertz CT molecular complexity index is 181. The van der Waals surface area contributed by atoms with E-state index in [-0.39, 0.29) is 7.43 Å². The quantitative estimate of drug-likeness (QED) is 0.676. The zero-order chi connectivity index (χ0) is 7.94. The molecule has 1 aromatic carbocycles. The van der Waals surface area contributed by atoms with Crippen molar-refractivity contribution in [3.8, 4) is 0 Å². The van der Waals surface area contributed by atoms with Gasteiger partial charge in [0.1, 0.15) is 0 Å². The number of hydrogen-bond donors (Lipinski definition) is 1. The molecule has 1 aromatic rings. The zero-order valence-corrected chi connectivity index (χ0v) is 7.01. The molecule has 0 fully saturated rings. The Kier molecular flexibility index (Phi) is 6.39. The van der Waals surface area contributed by atoms with Gasteiger partial charge in [0.25, 0.3) is 0 Å². The predicted octanol–water partition coefficient (Wildman–Crippen LogP) is 2.82. The largest absolute Gasteiger partial charge is 0.313 e. The van der Waals surface area contributed by atoms with Crippen molar-refractivity contribution in [2.24, 2.45) is 0 Å². The van der Waals surface area contributed by atoms with Crippen molar-refractivity contribution in [1.29, 1.82) is 0 Å². The van der Waals surface area contributed by atoms with Crippen LogP contribution in [-0.4, -0.2) is 6.54 Å². The minimum Gasteiger partial charge on any atom is -0.313 e. The molecule has 12 heavy (non-hydrogen) atoms. The molecule has 0 atom stereocenters. The first-order valence-corrected chi connectivity index (χ1v) is 4.18. The maximum absolute atomic E-state index is 3.35. The third kappa shape index (κ3) is 4.14. The van der Waals surface area contributed by atoms with E-state index < -0.39 is 0 Å². The van der Waals surface area contributed by atoms with Crippen molar-refractivity contribution in [3.05, 3.63) is 35.9 Å². The molecule has 0 saturated carbocycles. The third-order valence-electron chi connectivity index (χ3n) is 1.60. The summed E-state index contributed by atoms with van der Waals surface area (Å²) in [7, 11) is 0. The molecule has 0 bridgehead atoms. The smallest absolute Gasteiger partial charge is 0.0205 e. The van der Waals surface area contributed by atoms with Crippen LogP contribution in [0.15, 0.2) is 30.3 Å². The molecular weight excluding hydrogens is 146 g/mol. The van der Waals surface area contributed by atoms with E-state index in [0.29, 0.717) is 0 Å². The summed E-state index contributed by atoms with van der Waals surface area (Å²) >= 11 is 0. The Morgan fingerprint density at radius 2 is 1.83 bits per heavy atom. The average Bonchev–Trinajstić information content (AvgIpc) is 2.07. The summed E-state index contributed by atoms with van der Waals surface area (Å²) in [5.41, 5.74) is 1.36. The highest BCUT2D eigenvalue weighted by Gasteiger charge is 1.87. The Labute approximate surface area is 75.8 Å². The SMILES string of the molecule is C.CCCNCc1ccccc1. The van der Waals surface area contributed by atoms with Gasteiger partial charge in [0.05, 0.1) is 0 Å². The molecule has 1 N–H and O–H groups in total. The van der Waals surface area contributed by atoms with Gasteiger partial charge in [-0.3, -0.25) is 0 Å². The minimum absolute atomic E-state index is 0. The van der Waals surface area contributed by atoms with Gasteiger partial charge < -0.3 is 5.32 Å². The van der Waals surface area contributed by atoms with Crippen LogP contribution < -0.4 is 5.32 Å². The van der Waals surface area contributed by atoms with E-state index in [1.165, 1.54) is 12.0 Å². The summed E-state index contributed by atoms with van der Waals surface area (Å²) in [6, 6.07) is 10.5. The number of rotatable bonds is 4. The van der Waals surface area contributed by atoms with Gasteiger partial charge in [-0.1, -0.05) is 44.7 Å². The second kappa shape index (κ2) is 6.86. The van der Waals surface area contributed by atoms with Crippen LogP contribution in [0.2, 0.25) is 0 Å². The lowest BCUT2D eigenvalue weighted by Gasteiger charge is -2.01. The zero-order valence-electron chi connectivity index (χ0n) is 7.01. The maximum Gasteiger partial charge on any atom is 0.0205 e. The highest BCUT2D eigenvalue weighted by molar-refractivity contribution is 5.14. The molecule has 0 saturated heterocycles. The van der Waals surface area contributed by atoms with Crippen LogP contribution in [0.3, 0.4) is 0 Å². The second-order valence-electron chi connectivity index (χ2n) is 2.66. The van der Waals surface area contributed by atoms with Crippen LogP contribution in [0.5, 0.6) is 0 Å². The van der Waals surface area contributed by atoms with E-state index in [2.05, 4.69) is 36.5 Å². The maximum atomic E-state index is 3.35. The fourth-order valence-electron chi connectivity index (χ4n) is 1.01. The standard InChI is InChI=1S/C10H15N.CH4/c1-2-8-11-9-10-6-4-3-5-7-10;/h3-7,11H,2,8-9H2,1H3;1H4. The topological polar surface area (TPSA) is 12.0 Å². The van der Waals surface area contributed by atoms with Gasteiger partial charge in [0.15, 0.2) is 0 Å². The van der Waals surface area contributed by atoms with E-state index in [0.717, 1.165) is 13.1 Å². The van der Waals surface area contributed by atoms with E-state index in [1.807, 2.05) is 6.07 Å². The van der Waals surface area contributed by atoms with E-state index in [1.54, 1.807) is 0 Å². The van der Waals surface area contributed by atoms with Gasteiger partial charge in [-0.25, -0.2) is 0 Å². The molecule has 0 aromatic heterocycles. The molecule has 0 amide bonds. The normalized spacial score (nSPS) is 9.08. The highest BCUT2D eigenvalue weighted by Crippen LogP contribution is 1.96. The third-order valence-corrected chi connectivity index (χ3v) is 1.60. The van der Waals surface area contributed by atoms with E-state index in [9.17, 15) is 0 Å². The Morgan fingerprint density at radius 1 is 1.17 bits per heavy atom. The van der Waals surface area contributed by atoms with Crippen molar-refractivity contribution < 1.29 is 0 Å². The lowest BCUT2D eigenvalue weighted by atomic mass is 10.2. The minimum atomic E-state index is 0. The average molecular weight is 165 g/mol. The van der Waals surface area contributed by atoms with Crippen LogP contribution in [0.25, 0.3) is 0 Å². The lowest BCUT2D eigenvalue weighted by Crippen LogP contribution is -2.13. The van der Waals surface area contributed by atoms with E-state index >= 15 is 0 Å². The number of hydrogen-bond acceptors (Lipinski definition) is 1. The highest BCUT2D eigenvalue weighted by atomic mass is 14.8. The number of benzene rings is 1. The molecule has 0 aliphatic heterocycles. The van der Waals surface area contributed by atoms with Gasteiger partial charge in [0, 0.05) is 6.54 Å². The molecule has 0 aliphatic rings. The summed E-state index contributed by atoms with van der Waals surface area (Å²) < 4.78 is 0. The van der Waals surface area contributed by atoms with Crippen LogP contribution in [0.4, 0.5) is 0 Å². The molecule has 1 nitrogen and oxygen atoms in total. The predicted molar refractivity (Wildman–Crippen MR) is 55.2 cm³/mol. The van der Waals surface area contributed by atoms with Crippen LogP contribution in [0.1, 0.15) is 26.3 Å². The number of nitrogens with one attached hydrogen (secondary N) is 1. The summed E-state index contributed by atoms with van der Waals surface area (Å²) in [5, 5.41) is 3.35. The molecule has 1 heteroatoms. The van der Waals surface area contributed by atoms with Crippen molar-refractivity contribution in [2.45, 2.75) is 27.3 Å². The molecule has 0 heterocycles. The van der Waals surface area contributed by atoms with Crippen LogP contribution >= 0.6 is 0 Å². The van der Waals surface area contributed by atoms with Crippen LogP contribution in [-0.2, 0) is 6.54 Å². The van der Waals surface area contributed by atoms with Gasteiger partial charge >= 0.3 is 0 Å². The molecular formula is C11H19N. The van der Waals surface area contributed by atoms with Gasteiger partial charge in [-0.2, -0.15) is 0 Å².